The van der Waals surface area contributed by atoms with Crippen molar-refractivity contribution in [2.45, 2.75) is 44.9 Å². The van der Waals surface area contributed by atoms with Crippen LogP contribution in [0.3, 0.4) is 0 Å². The molecule has 2 aromatic carbocycles. The maximum atomic E-state index is 12.7. The van der Waals surface area contributed by atoms with Crippen molar-refractivity contribution >= 4 is 22.7 Å². The molecule has 11 heteroatoms. The fourth-order valence-corrected chi connectivity index (χ4v) is 4.18. The van der Waals surface area contributed by atoms with Gasteiger partial charge in [0.25, 0.3) is 0 Å². The molecular weight excluding hydrogens is 462 g/mol. The minimum absolute atomic E-state index is 0.0563. The summed E-state index contributed by atoms with van der Waals surface area (Å²) in [4.78, 5) is 20.1. The number of nitrogens with zero attached hydrogens (tertiary/aromatic N) is 5. The molecule has 1 unspecified atom stereocenters. The smallest absolute Gasteiger partial charge is 0.328 e. The van der Waals surface area contributed by atoms with Gasteiger partial charge >= 0.3 is 5.97 Å². The van der Waals surface area contributed by atoms with Crippen LogP contribution in [0.4, 0.5) is 5.69 Å². The second kappa shape index (κ2) is 9.33. The number of fused-ring (bicyclic) bond motifs is 1. The molecule has 11 nitrogen and oxygen atoms in total. The highest BCUT2D eigenvalue weighted by Crippen LogP contribution is 2.38. The molecule has 0 bridgehead atoms. The Kier molecular flexibility index (Phi) is 6.05. The molecule has 4 aromatic rings. The number of imidazole rings is 1. The van der Waals surface area contributed by atoms with Crippen LogP contribution in [0.25, 0.3) is 11.0 Å². The molecule has 0 saturated carbocycles. The quantitative estimate of drug-likeness (QED) is 0.358. The number of aromatic amines is 1. The van der Waals surface area contributed by atoms with Crippen LogP contribution in [0.2, 0.25) is 0 Å². The highest BCUT2D eigenvalue weighted by Gasteiger charge is 2.46. The minimum atomic E-state index is -1.11. The Balaban J connectivity index is 1.62. The van der Waals surface area contributed by atoms with Crippen LogP contribution in [0.15, 0.2) is 66.9 Å². The van der Waals surface area contributed by atoms with Crippen LogP contribution in [-0.2, 0) is 37.5 Å². The van der Waals surface area contributed by atoms with Gasteiger partial charge in [-0.05, 0) is 55.0 Å². The van der Waals surface area contributed by atoms with Gasteiger partial charge in [-0.2, -0.15) is 0 Å². The fraction of sp³-hybridized carbons (Fsp3) is 0.320. The Morgan fingerprint density at radius 2 is 2.03 bits per heavy atom. The molecule has 0 spiro atoms. The summed E-state index contributed by atoms with van der Waals surface area (Å²) < 4.78 is 18.4. The molecule has 0 fully saturated rings. The zero-order valence-corrected chi connectivity index (χ0v) is 20.3. The Morgan fingerprint density at radius 3 is 2.78 bits per heavy atom. The van der Waals surface area contributed by atoms with Crippen molar-refractivity contribution in [2.24, 2.45) is 0 Å². The normalized spacial score (nSPS) is 15.0. The number of aromatic nitrogens is 6. The van der Waals surface area contributed by atoms with E-state index in [-0.39, 0.29) is 13.3 Å². The number of nitrogens with one attached hydrogen (secondary N) is 2. The third-order valence-corrected chi connectivity index (χ3v) is 5.60. The molecule has 0 amide bonds. The van der Waals surface area contributed by atoms with E-state index in [1.807, 2.05) is 69.3 Å². The first-order chi connectivity index (χ1) is 17.3. The van der Waals surface area contributed by atoms with E-state index in [0.717, 1.165) is 22.3 Å². The van der Waals surface area contributed by atoms with E-state index in [9.17, 15) is 4.79 Å². The second-order valence-electron chi connectivity index (χ2n) is 9.48. The van der Waals surface area contributed by atoms with Crippen LogP contribution in [0, 0.1) is 0 Å². The zero-order chi connectivity index (χ0) is 25.2. The first-order valence-electron chi connectivity index (χ1n) is 11.5. The van der Waals surface area contributed by atoms with Gasteiger partial charge in [-0.15, -0.1) is 5.10 Å². The van der Waals surface area contributed by atoms with E-state index in [1.165, 1.54) is 4.68 Å². The summed E-state index contributed by atoms with van der Waals surface area (Å²) in [6.07, 6.45) is 3.60. The predicted molar refractivity (Wildman–Crippen MR) is 130 cm³/mol. The summed E-state index contributed by atoms with van der Waals surface area (Å²) in [6, 6.07) is 15.7. The standard InChI is InChI=1S/C25H27N7O4/c1-24(2,3)36-22(33)13-32-23(29-30-31-32)25(21-14-34-16-35-21,12-17-7-5-4-6-8-17)28-18-9-10-19-20(11-18)27-15-26-19/h4-11,14-15,28H,12-13,16H2,1-3H3,(H,26,27). The van der Waals surface area contributed by atoms with E-state index in [0.29, 0.717) is 18.0 Å². The van der Waals surface area contributed by atoms with Crippen molar-refractivity contribution in [1.82, 2.24) is 30.2 Å². The lowest BCUT2D eigenvalue weighted by Crippen LogP contribution is -2.43. The highest BCUT2D eigenvalue weighted by atomic mass is 16.7. The molecule has 186 valence electrons. The first-order valence-corrected chi connectivity index (χ1v) is 11.5. The van der Waals surface area contributed by atoms with E-state index in [2.05, 4.69) is 30.8 Å². The first kappa shape index (κ1) is 23.3. The highest BCUT2D eigenvalue weighted by molar-refractivity contribution is 5.79. The van der Waals surface area contributed by atoms with Gasteiger partial charge in [0, 0.05) is 12.1 Å². The number of rotatable bonds is 8. The third-order valence-electron chi connectivity index (χ3n) is 5.60. The topological polar surface area (TPSA) is 129 Å². The van der Waals surface area contributed by atoms with Gasteiger partial charge in [-0.3, -0.25) is 4.79 Å². The molecule has 0 aliphatic carbocycles. The van der Waals surface area contributed by atoms with E-state index < -0.39 is 17.1 Å². The summed E-state index contributed by atoms with van der Waals surface area (Å²) in [5, 5.41) is 16.0. The number of anilines is 1. The molecule has 1 aliphatic rings. The monoisotopic (exact) mass is 489 g/mol. The number of esters is 1. The van der Waals surface area contributed by atoms with Gasteiger partial charge in [0.15, 0.2) is 17.1 Å². The van der Waals surface area contributed by atoms with Crippen molar-refractivity contribution in [3.63, 3.8) is 0 Å². The maximum Gasteiger partial charge on any atom is 0.328 e. The second-order valence-corrected chi connectivity index (χ2v) is 9.48. The van der Waals surface area contributed by atoms with Crippen molar-refractivity contribution < 1.29 is 19.0 Å². The van der Waals surface area contributed by atoms with E-state index in [1.54, 1.807) is 12.6 Å². The predicted octanol–water partition coefficient (Wildman–Crippen LogP) is 3.29. The minimum Gasteiger partial charge on any atom is -0.461 e. The Hall–Kier alpha value is -4.41. The molecule has 1 aliphatic heterocycles. The van der Waals surface area contributed by atoms with Crippen LogP contribution < -0.4 is 5.32 Å². The van der Waals surface area contributed by atoms with Crippen molar-refractivity contribution in [3.8, 4) is 0 Å². The SMILES string of the molecule is CC(C)(C)OC(=O)Cn1nnnc1C(Cc1ccccc1)(Nc1ccc2nc[nH]c2c1)C1=COCO1. The van der Waals surface area contributed by atoms with Crippen molar-refractivity contribution in [2.75, 3.05) is 12.1 Å². The average Bonchev–Trinajstić information content (AvgIpc) is 3.60. The number of hydrogen-bond donors (Lipinski definition) is 2. The number of tetrazole rings is 1. The summed E-state index contributed by atoms with van der Waals surface area (Å²) in [7, 11) is 0. The van der Waals surface area contributed by atoms with Gasteiger partial charge in [0.05, 0.1) is 17.4 Å². The number of hydrogen-bond acceptors (Lipinski definition) is 9. The molecule has 2 N–H and O–H groups in total. The largest absolute Gasteiger partial charge is 0.461 e. The summed E-state index contributed by atoms with van der Waals surface area (Å²) in [6.45, 7) is 5.32. The number of ether oxygens (including phenoxy) is 3. The lowest BCUT2D eigenvalue weighted by molar-refractivity contribution is -0.155. The molecule has 1 atom stereocenters. The van der Waals surface area contributed by atoms with Gasteiger partial charge < -0.3 is 24.5 Å². The maximum absolute atomic E-state index is 12.7. The Labute approximate surface area is 207 Å². The Bertz CT molecular complexity index is 1390. The third kappa shape index (κ3) is 4.85. The molecule has 5 rings (SSSR count). The molecule has 36 heavy (non-hydrogen) atoms. The zero-order valence-electron chi connectivity index (χ0n) is 20.3. The van der Waals surface area contributed by atoms with Crippen molar-refractivity contribution in [3.05, 3.63) is 78.3 Å². The van der Waals surface area contributed by atoms with Gasteiger partial charge in [-0.1, -0.05) is 30.3 Å². The molecule has 3 heterocycles. The molecular formula is C25H27N7O4. The van der Waals surface area contributed by atoms with Crippen LogP contribution >= 0.6 is 0 Å². The number of benzene rings is 2. The summed E-state index contributed by atoms with van der Waals surface area (Å²) in [5.74, 6) is 0.399. The van der Waals surface area contributed by atoms with Crippen molar-refractivity contribution in [1.29, 1.82) is 0 Å². The van der Waals surface area contributed by atoms with Crippen LogP contribution in [0.5, 0.6) is 0 Å². The molecule has 2 aromatic heterocycles. The average molecular weight is 490 g/mol. The molecule has 0 radical (unpaired) electrons. The lowest BCUT2D eigenvalue weighted by Gasteiger charge is -2.34. The fourth-order valence-electron chi connectivity index (χ4n) is 4.18. The number of carbonyl (C=O) groups is 1. The lowest BCUT2D eigenvalue weighted by atomic mass is 9.87. The van der Waals surface area contributed by atoms with Crippen LogP contribution in [-0.4, -0.2) is 48.5 Å². The van der Waals surface area contributed by atoms with Crippen LogP contribution in [0.1, 0.15) is 32.2 Å². The van der Waals surface area contributed by atoms with Gasteiger partial charge in [0.2, 0.25) is 6.79 Å². The molecule has 0 saturated heterocycles. The van der Waals surface area contributed by atoms with Gasteiger partial charge in [-0.25, -0.2) is 9.67 Å². The summed E-state index contributed by atoms with van der Waals surface area (Å²) >= 11 is 0. The van der Waals surface area contributed by atoms with E-state index >= 15 is 0 Å². The number of carbonyl (C=O) groups excluding carboxylic acids is 1. The summed E-state index contributed by atoms with van der Waals surface area (Å²) in [5.41, 5.74) is 1.71. The van der Waals surface area contributed by atoms with Gasteiger partial charge in [0.1, 0.15) is 18.4 Å². The number of H-pyrrole nitrogens is 1. The Morgan fingerprint density at radius 1 is 1.19 bits per heavy atom. The van der Waals surface area contributed by atoms with E-state index in [4.69, 9.17) is 14.2 Å².